The normalized spacial score (nSPS) is 11.7. The third-order valence-corrected chi connectivity index (χ3v) is 4.19. The van der Waals surface area contributed by atoms with Gasteiger partial charge in [-0.3, -0.25) is 4.68 Å². The average Bonchev–Trinajstić information content (AvgIpc) is 2.89. The highest BCUT2D eigenvalue weighted by atomic mass is 32.2. The second kappa shape index (κ2) is 6.65. The number of hydrogen-bond donors (Lipinski definition) is 2. The lowest BCUT2D eigenvalue weighted by Crippen LogP contribution is -2.30. The van der Waals surface area contributed by atoms with Crippen molar-refractivity contribution in [3.05, 3.63) is 48.3 Å². The van der Waals surface area contributed by atoms with Crippen LogP contribution in [0.2, 0.25) is 0 Å². The number of likely N-dealkylation sites (N-methyl/N-ethyl adjacent to an activating group) is 1. The number of nitrogens with one attached hydrogen (secondary N) is 2. The van der Waals surface area contributed by atoms with Crippen LogP contribution in [0, 0.1) is 0 Å². The van der Waals surface area contributed by atoms with Crippen LogP contribution in [-0.4, -0.2) is 38.3 Å². The second-order valence-corrected chi connectivity index (χ2v) is 6.13. The SMILES string of the molecule is CNCCNS(=O)(=O)c1cnn(Cc2ccccc2)c1. The van der Waals surface area contributed by atoms with Gasteiger partial charge in [0.1, 0.15) is 4.90 Å². The Labute approximate surface area is 118 Å². The van der Waals surface area contributed by atoms with Gasteiger partial charge in [0, 0.05) is 19.3 Å². The zero-order chi connectivity index (χ0) is 14.4. The summed E-state index contributed by atoms with van der Waals surface area (Å²) in [5, 5.41) is 6.97. The fraction of sp³-hybridized carbons (Fsp3) is 0.308. The first kappa shape index (κ1) is 14.7. The quantitative estimate of drug-likeness (QED) is 0.726. The van der Waals surface area contributed by atoms with Crippen molar-refractivity contribution in [3.63, 3.8) is 0 Å². The minimum Gasteiger partial charge on any atom is -0.318 e. The Morgan fingerprint density at radius 2 is 1.95 bits per heavy atom. The highest BCUT2D eigenvalue weighted by Crippen LogP contribution is 2.08. The molecule has 0 saturated heterocycles. The zero-order valence-electron chi connectivity index (χ0n) is 11.3. The smallest absolute Gasteiger partial charge is 0.243 e. The van der Waals surface area contributed by atoms with Crippen molar-refractivity contribution in [2.24, 2.45) is 0 Å². The molecule has 1 aromatic carbocycles. The van der Waals surface area contributed by atoms with Crippen LogP contribution in [-0.2, 0) is 16.6 Å². The Morgan fingerprint density at radius 1 is 1.20 bits per heavy atom. The van der Waals surface area contributed by atoms with Crippen LogP contribution in [0.4, 0.5) is 0 Å². The number of sulfonamides is 1. The van der Waals surface area contributed by atoms with Crippen LogP contribution in [0.1, 0.15) is 5.56 Å². The molecule has 0 aliphatic heterocycles. The predicted molar refractivity (Wildman–Crippen MR) is 76.9 cm³/mol. The van der Waals surface area contributed by atoms with Crippen LogP contribution < -0.4 is 10.0 Å². The molecule has 108 valence electrons. The lowest BCUT2D eigenvalue weighted by Gasteiger charge is -2.04. The Kier molecular flexibility index (Phi) is 4.89. The molecule has 7 heteroatoms. The molecule has 1 heterocycles. The highest BCUT2D eigenvalue weighted by Gasteiger charge is 2.15. The van der Waals surface area contributed by atoms with E-state index in [1.807, 2.05) is 30.3 Å². The minimum absolute atomic E-state index is 0.185. The monoisotopic (exact) mass is 294 g/mol. The third kappa shape index (κ3) is 3.89. The second-order valence-electron chi connectivity index (χ2n) is 4.36. The summed E-state index contributed by atoms with van der Waals surface area (Å²) < 4.78 is 28.1. The molecule has 0 atom stereocenters. The van der Waals surface area contributed by atoms with E-state index in [2.05, 4.69) is 15.1 Å². The molecule has 6 nitrogen and oxygen atoms in total. The van der Waals surface area contributed by atoms with Gasteiger partial charge in [0.15, 0.2) is 0 Å². The largest absolute Gasteiger partial charge is 0.318 e. The van der Waals surface area contributed by atoms with Crippen LogP contribution in [0.25, 0.3) is 0 Å². The van der Waals surface area contributed by atoms with Crippen molar-refractivity contribution in [2.75, 3.05) is 20.1 Å². The van der Waals surface area contributed by atoms with Gasteiger partial charge in [0.2, 0.25) is 10.0 Å². The van der Waals surface area contributed by atoms with Gasteiger partial charge in [-0.2, -0.15) is 5.10 Å². The van der Waals surface area contributed by atoms with E-state index in [4.69, 9.17) is 0 Å². The topological polar surface area (TPSA) is 76.0 Å². The lowest BCUT2D eigenvalue weighted by atomic mass is 10.2. The number of hydrogen-bond acceptors (Lipinski definition) is 4. The van der Waals surface area contributed by atoms with Crippen LogP contribution in [0.15, 0.2) is 47.6 Å². The van der Waals surface area contributed by atoms with E-state index in [1.165, 1.54) is 12.4 Å². The lowest BCUT2D eigenvalue weighted by molar-refractivity contribution is 0.579. The molecule has 2 aromatic rings. The Bertz CT molecular complexity index is 637. The van der Waals surface area contributed by atoms with Gasteiger partial charge in [-0.25, -0.2) is 13.1 Å². The standard InChI is InChI=1S/C13H18N4O2S/c1-14-7-8-16-20(18,19)13-9-15-17(11-13)10-12-5-3-2-4-6-12/h2-6,9,11,14,16H,7-8,10H2,1H3. The molecule has 0 aliphatic rings. The first-order chi connectivity index (χ1) is 9.62. The summed E-state index contributed by atoms with van der Waals surface area (Å²) in [6, 6.07) is 9.77. The van der Waals surface area contributed by atoms with E-state index in [-0.39, 0.29) is 4.90 Å². The van der Waals surface area contributed by atoms with Crippen LogP contribution in [0.5, 0.6) is 0 Å². The Morgan fingerprint density at radius 3 is 2.65 bits per heavy atom. The predicted octanol–water partition coefficient (Wildman–Crippen LogP) is 0.429. The maximum Gasteiger partial charge on any atom is 0.243 e. The molecule has 0 unspecified atom stereocenters. The summed E-state index contributed by atoms with van der Waals surface area (Å²) in [6.45, 7) is 1.48. The Balaban J connectivity index is 2.05. The highest BCUT2D eigenvalue weighted by molar-refractivity contribution is 7.89. The maximum absolute atomic E-state index is 12.0. The number of aromatic nitrogens is 2. The molecule has 20 heavy (non-hydrogen) atoms. The molecule has 0 spiro atoms. The van der Waals surface area contributed by atoms with E-state index in [1.54, 1.807) is 11.7 Å². The first-order valence-corrected chi connectivity index (χ1v) is 7.81. The van der Waals surface area contributed by atoms with Gasteiger partial charge in [0.25, 0.3) is 0 Å². The van der Waals surface area contributed by atoms with Gasteiger partial charge >= 0.3 is 0 Å². The molecule has 0 fully saturated rings. The molecule has 2 N–H and O–H groups in total. The maximum atomic E-state index is 12.0. The van der Waals surface area contributed by atoms with E-state index >= 15 is 0 Å². The molecule has 2 rings (SSSR count). The van der Waals surface area contributed by atoms with Crippen molar-refractivity contribution in [3.8, 4) is 0 Å². The summed E-state index contributed by atoms with van der Waals surface area (Å²) >= 11 is 0. The molecule has 0 radical (unpaired) electrons. The van der Waals surface area contributed by atoms with Gasteiger partial charge in [-0.1, -0.05) is 30.3 Å². The summed E-state index contributed by atoms with van der Waals surface area (Å²) in [5.41, 5.74) is 1.07. The summed E-state index contributed by atoms with van der Waals surface area (Å²) in [6.07, 6.45) is 2.90. The first-order valence-electron chi connectivity index (χ1n) is 6.32. The van der Waals surface area contributed by atoms with Crippen molar-refractivity contribution in [1.82, 2.24) is 19.8 Å². The van der Waals surface area contributed by atoms with E-state index in [0.717, 1.165) is 5.56 Å². The fourth-order valence-corrected chi connectivity index (χ4v) is 2.72. The summed E-state index contributed by atoms with van der Waals surface area (Å²) in [7, 11) is -1.71. The molecule has 0 amide bonds. The molecule has 0 saturated carbocycles. The average molecular weight is 294 g/mol. The molecule has 0 bridgehead atoms. The molecular weight excluding hydrogens is 276 g/mol. The summed E-state index contributed by atoms with van der Waals surface area (Å²) in [4.78, 5) is 0.185. The van der Waals surface area contributed by atoms with E-state index in [0.29, 0.717) is 19.6 Å². The third-order valence-electron chi connectivity index (χ3n) is 2.77. The van der Waals surface area contributed by atoms with Crippen molar-refractivity contribution in [2.45, 2.75) is 11.4 Å². The van der Waals surface area contributed by atoms with Crippen LogP contribution in [0.3, 0.4) is 0 Å². The fourth-order valence-electron chi connectivity index (χ4n) is 1.73. The van der Waals surface area contributed by atoms with Gasteiger partial charge in [0.05, 0.1) is 12.7 Å². The minimum atomic E-state index is -3.48. The van der Waals surface area contributed by atoms with Crippen molar-refractivity contribution < 1.29 is 8.42 Å². The van der Waals surface area contributed by atoms with Gasteiger partial charge in [-0.15, -0.1) is 0 Å². The number of nitrogens with zero attached hydrogens (tertiary/aromatic N) is 2. The van der Waals surface area contributed by atoms with Crippen molar-refractivity contribution in [1.29, 1.82) is 0 Å². The molecule has 1 aromatic heterocycles. The van der Waals surface area contributed by atoms with Crippen molar-refractivity contribution >= 4 is 10.0 Å². The molecule has 0 aliphatic carbocycles. The van der Waals surface area contributed by atoms with E-state index < -0.39 is 10.0 Å². The zero-order valence-corrected chi connectivity index (χ0v) is 12.1. The summed E-state index contributed by atoms with van der Waals surface area (Å²) in [5.74, 6) is 0. The van der Waals surface area contributed by atoms with Gasteiger partial charge < -0.3 is 5.32 Å². The van der Waals surface area contributed by atoms with Gasteiger partial charge in [-0.05, 0) is 12.6 Å². The van der Waals surface area contributed by atoms with Crippen LogP contribution >= 0.6 is 0 Å². The number of benzene rings is 1. The Hall–Kier alpha value is -1.70. The number of rotatable bonds is 7. The van der Waals surface area contributed by atoms with E-state index in [9.17, 15) is 8.42 Å². The molecular formula is C13H18N4O2S.